The molecule has 0 bridgehead atoms. The number of H-pyrrole nitrogens is 1. The lowest BCUT2D eigenvalue weighted by Crippen LogP contribution is -2.38. The number of ether oxygens (including phenoxy) is 1. The molecular formula is C23H29N5O3. The zero-order valence-electron chi connectivity index (χ0n) is 17.8. The summed E-state index contributed by atoms with van der Waals surface area (Å²) in [6.45, 7) is 3.58. The van der Waals surface area contributed by atoms with E-state index in [-0.39, 0.29) is 5.92 Å². The number of hydrogen-bond donors (Lipinski definition) is 1. The lowest BCUT2D eigenvalue weighted by molar-refractivity contribution is -0.132. The van der Waals surface area contributed by atoms with Crippen molar-refractivity contribution in [2.45, 2.75) is 50.9 Å². The maximum atomic E-state index is 12.2. The fourth-order valence-electron chi connectivity index (χ4n) is 4.18. The molecule has 4 heterocycles. The molecule has 1 saturated carbocycles. The number of likely N-dealkylation sites (tertiary alicyclic amines) is 1. The number of rotatable bonds is 4. The lowest BCUT2D eigenvalue weighted by atomic mass is 9.96. The van der Waals surface area contributed by atoms with Crippen molar-refractivity contribution in [1.82, 2.24) is 25.2 Å². The summed E-state index contributed by atoms with van der Waals surface area (Å²) in [7, 11) is 0. The van der Waals surface area contributed by atoms with E-state index < -0.39 is 0 Å². The Balaban J connectivity index is 0.000000361. The zero-order chi connectivity index (χ0) is 21.0. The van der Waals surface area contributed by atoms with Crippen molar-refractivity contribution in [1.29, 1.82) is 0 Å². The molecule has 1 amide bonds. The predicted octanol–water partition coefficient (Wildman–Crippen LogP) is 3.92. The van der Waals surface area contributed by atoms with Gasteiger partial charge in [-0.15, -0.1) is 0 Å². The lowest BCUT2D eigenvalue weighted by Gasteiger charge is -2.30. The van der Waals surface area contributed by atoms with Gasteiger partial charge in [-0.3, -0.25) is 9.89 Å². The third-order valence-corrected chi connectivity index (χ3v) is 6.33. The average molecular weight is 424 g/mol. The molecule has 1 aliphatic carbocycles. The van der Waals surface area contributed by atoms with E-state index in [0.29, 0.717) is 17.7 Å². The van der Waals surface area contributed by atoms with E-state index in [4.69, 9.17) is 9.26 Å². The van der Waals surface area contributed by atoms with Gasteiger partial charge in [-0.2, -0.15) is 10.1 Å². The van der Waals surface area contributed by atoms with Gasteiger partial charge in [-0.05, 0) is 56.6 Å². The Bertz CT molecular complexity index is 1010. The molecule has 2 aliphatic heterocycles. The first kappa shape index (κ1) is 20.2. The van der Waals surface area contributed by atoms with Crippen molar-refractivity contribution >= 4 is 16.8 Å². The quantitative estimate of drug-likeness (QED) is 0.683. The minimum absolute atomic E-state index is 0.258. The van der Waals surface area contributed by atoms with Gasteiger partial charge < -0.3 is 14.2 Å². The minimum Gasteiger partial charge on any atom is -0.381 e. The molecular weight excluding hydrogens is 394 g/mol. The van der Waals surface area contributed by atoms with E-state index in [1.807, 2.05) is 23.1 Å². The van der Waals surface area contributed by atoms with Crippen LogP contribution in [-0.4, -0.2) is 57.4 Å². The highest BCUT2D eigenvalue weighted by molar-refractivity contribution is 5.82. The topological polar surface area (TPSA) is 97.1 Å². The number of nitrogens with one attached hydrogen (secondary N) is 1. The van der Waals surface area contributed by atoms with E-state index in [9.17, 15) is 4.79 Å². The highest BCUT2D eigenvalue weighted by atomic mass is 16.5. The number of benzene rings is 1. The van der Waals surface area contributed by atoms with Crippen molar-refractivity contribution in [2.75, 3.05) is 26.3 Å². The van der Waals surface area contributed by atoms with Crippen LogP contribution in [0.25, 0.3) is 22.4 Å². The Morgan fingerprint density at radius 3 is 2.65 bits per heavy atom. The Hall–Kier alpha value is -2.74. The van der Waals surface area contributed by atoms with Crippen LogP contribution in [0.3, 0.4) is 0 Å². The molecule has 8 nitrogen and oxygen atoms in total. The molecule has 0 spiro atoms. The van der Waals surface area contributed by atoms with Crippen LogP contribution in [0.2, 0.25) is 0 Å². The Morgan fingerprint density at radius 2 is 1.94 bits per heavy atom. The largest absolute Gasteiger partial charge is 0.381 e. The van der Waals surface area contributed by atoms with Gasteiger partial charge in [0.25, 0.3) is 5.89 Å². The number of aromatic amines is 1. The third-order valence-electron chi connectivity index (χ3n) is 6.33. The van der Waals surface area contributed by atoms with Gasteiger partial charge in [-0.25, -0.2) is 0 Å². The Labute approximate surface area is 181 Å². The summed E-state index contributed by atoms with van der Waals surface area (Å²) in [4.78, 5) is 18.8. The van der Waals surface area contributed by atoms with Crippen molar-refractivity contribution in [2.24, 2.45) is 5.92 Å². The minimum atomic E-state index is 0.258. The van der Waals surface area contributed by atoms with Gasteiger partial charge >= 0.3 is 0 Å². The molecule has 1 N–H and O–H groups in total. The van der Waals surface area contributed by atoms with Crippen LogP contribution in [0.5, 0.6) is 0 Å². The molecule has 2 aromatic heterocycles. The molecule has 3 aliphatic rings. The van der Waals surface area contributed by atoms with Gasteiger partial charge in [0.1, 0.15) is 0 Å². The number of fused-ring (bicyclic) bond motifs is 1. The van der Waals surface area contributed by atoms with E-state index in [0.717, 1.165) is 67.9 Å². The van der Waals surface area contributed by atoms with Crippen LogP contribution < -0.4 is 0 Å². The number of aromatic nitrogens is 4. The molecule has 164 valence electrons. The monoisotopic (exact) mass is 423 g/mol. The molecule has 6 rings (SSSR count). The third kappa shape index (κ3) is 4.95. The van der Waals surface area contributed by atoms with Crippen molar-refractivity contribution in [3.05, 3.63) is 30.2 Å². The van der Waals surface area contributed by atoms with Gasteiger partial charge in [0.15, 0.2) is 5.82 Å². The maximum Gasteiger partial charge on any atom is 0.258 e. The summed E-state index contributed by atoms with van der Waals surface area (Å²) >= 11 is 0. The molecule has 31 heavy (non-hydrogen) atoms. The first-order valence-electron chi connectivity index (χ1n) is 11.4. The second-order valence-corrected chi connectivity index (χ2v) is 8.75. The van der Waals surface area contributed by atoms with Gasteiger partial charge in [0, 0.05) is 49.6 Å². The van der Waals surface area contributed by atoms with Gasteiger partial charge in [0.05, 0.1) is 11.7 Å². The van der Waals surface area contributed by atoms with Crippen LogP contribution in [0.1, 0.15) is 56.7 Å². The smallest absolute Gasteiger partial charge is 0.258 e. The summed E-state index contributed by atoms with van der Waals surface area (Å²) < 4.78 is 10.4. The fourth-order valence-corrected chi connectivity index (χ4v) is 4.18. The van der Waals surface area contributed by atoms with Crippen molar-refractivity contribution in [3.63, 3.8) is 0 Å². The summed E-state index contributed by atoms with van der Waals surface area (Å²) in [6.07, 6.45) is 9.31. The average Bonchev–Trinajstić information content (AvgIpc) is 3.28. The standard InChI is InChI=1S/C19H21N5O2.C4H8O/c25-17(9-12-1-2-12)24-7-5-13(6-8-24)18-21-19(26-23-18)14-3-4-15-11-20-22-16(15)10-14;1-2-4-5-3-1/h3-4,10-13H,1-2,5-9H2,(H,20,22);1-4H2. The molecule has 0 radical (unpaired) electrons. The number of carbonyl (C=O) groups is 1. The molecule has 8 heteroatoms. The number of piperidine rings is 1. The van der Waals surface area contributed by atoms with E-state index >= 15 is 0 Å². The van der Waals surface area contributed by atoms with Crippen LogP contribution in [0, 0.1) is 5.92 Å². The summed E-state index contributed by atoms with van der Waals surface area (Å²) in [6, 6.07) is 5.93. The van der Waals surface area contributed by atoms with Crippen molar-refractivity contribution in [3.8, 4) is 11.5 Å². The molecule has 0 unspecified atom stereocenters. The Morgan fingerprint density at radius 1 is 1.13 bits per heavy atom. The normalized spacial score (nSPS) is 19.4. The first-order valence-corrected chi connectivity index (χ1v) is 11.4. The highest BCUT2D eigenvalue weighted by Gasteiger charge is 2.30. The molecule has 1 aromatic carbocycles. The van der Waals surface area contributed by atoms with E-state index in [1.165, 1.54) is 25.7 Å². The molecule has 2 saturated heterocycles. The van der Waals surface area contributed by atoms with Gasteiger partial charge in [0.2, 0.25) is 5.91 Å². The summed E-state index contributed by atoms with van der Waals surface area (Å²) in [5.41, 5.74) is 1.84. The fraction of sp³-hybridized carbons (Fsp3) is 0.565. The van der Waals surface area contributed by atoms with Crippen LogP contribution >= 0.6 is 0 Å². The zero-order valence-corrected chi connectivity index (χ0v) is 17.8. The Kier molecular flexibility index (Phi) is 5.97. The number of amides is 1. The second-order valence-electron chi connectivity index (χ2n) is 8.75. The summed E-state index contributed by atoms with van der Waals surface area (Å²) in [5.74, 6) is 2.50. The van der Waals surface area contributed by atoms with Crippen molar-refractivity contribution < 1.29 is 14.1 Å². The maximum absolute atomic E-state index is 12.2. The number of hydrogen-bond acceptors (Lipinski definition) is 6. The van der Waals surface area contributed by atoms with E-state index in [1.54, 1.807) is 6.20 Å². The van der Waals surface area contributed by atoms with Gasteiger partial charge in [-0.1, -0.05) is 11.2 Å². The van der Waals surface area contributed by atoms with Crippen LogP contribution in [-0.2, 0) is 9.53 Å². The highest BCUT2D eigenvalue weighted by Crippen LogP contribution is 2.34. The van der Waals surface area contributed by atoms with Crippen LogP contribution in [0.15, 0.2) is 28.9 Å². The SMILES string of the molecule is C1CCOC1.O=C(CC1CC1)N1CCC(c2noc(-c3ccc4cn[nH]c4c3)n2)CC1. The summed E-state index contributed by atoms with van der Waals surface area (Å²) in [5, 5.41) is 12.2. The first-order chi connectivity index (χ1) is 15.3. The molecule has 3 fully saturated rings. The second kappa shape index (κ2) is 9.18. The predicted molar refractivity (Wildman–Crippen MR) is 115 cm³/mol. The van der Waals surface area contributed by atoms with Crippen LogP contribution in [0.4, 0.5) is 0 Å². The van der Waals surface area contributed by atoms with E-state index in [2.05, 4.69) is 20.3 Å². The number of nitrogens with zero attached hydrogens (tertiary/aromatic N) is 4. The molecule has 3 aromatic rings. The molecule has 0 atom stereocenters. The number of carbonyl (C=O) groups excluding carboxylic acids is 1.